The smallest absolute Gasteiger partial charge is 0.294 e. The number of alkyl halides is 3. The average molecular weight is 388 g/mol. The summed E-state index contributed by atoms with van der Waals surface area (Å²) in [6.07, 6.45) is -3.45. The molecule has 116 valence electrons. The van der Waals surface area contributed by atoms with Crippen molar-refractivity contribution < 1.29 is 22.4 Å². The topological polar surface area (TPSA) is 17.1 Å². The molecule has 1 aromatic rings. The first-order valence-corrected chi connectivity index (χ1v) is 7.65. The van der Waals surface area contributed by atoms with Crippen LogP contribution in [-0.4, -0.2) is 12.0 Å². The highest BCUT2D eigenvalue weighted by molar-refractivity contribution is 9.10. The second-order valence-electron chi connectivity index (χ2n) is 5.13. The van der Waals surface area contributed by atoms with Crippen molar-refractivity contribution in [2.75, 3.05) is 0 Å². The molecule has 0 aliphatic heterocycles. The molecule has 1 nitrogen and oxygen atoms in total. The van der Waals surface area contributed by atoms with Crippen molar-refractivity contribution in [1.29, 1.82) is 0 Å². The Balaban J connectivity index is 2.36. The Morgan fingerprint density at radius 3 is 2.48 bits per heavy atom. The molecule has 2 rings (SSSR count). The fourth-order valence-corrected chi connectivity index (χ4v) is 3.22. The average Bonchev–Trinajstić information content (AvgIpc) is 2.43. The molecule has 0 aromatic heterocycles. The van der Waals surface area contributed by atoms with Gasteiger partial charge in [0.25, 0.3) is 0 Å². The van der Waals surface area contributed by atoms with E-state index < -0.39 is 29.6 Å². The van der Waals surface area contributed by atoms with E-state index in [1.165, 1.54) is 12.1 Å². The van der Waals surface area contributed by atoms with E-state index in [4.69, 9.17) is 11.6 Å². The fourth-order valence-electron chi connectivity index (χ4n) is 2.75. The Hall–Kier alpha value is -0.620. The minimum Gasteiger partial charge on any atom is -0.294 e. The van der Waals surface area contributed by atoms with Gasteiger partial charge < -0.3 is 0 Å². The number of rotatable bonds is 2. The number of hydrogen-bond acceptors (Lipinski definition) is 1. The molecule has 2 atom stereocenters. The van der Waals surface area contributed by atoms with Gasteiger partial charge in [0.15, 0.2) is 11.6 Å². The number of ketones is 1. The Bertz CT molecular complexity index is 559. The van der Waals surface area contributed by atoms with Gasteiger partial charge >= 0.3 is 6.18 Å². The van der Waals surface area contributed by atoms with Crippen molar-refractivity contribution in [3.8, 4) is 0 Å². The van der Waals surface area contributed by atoms with Gasteiger partial charge in [0.2, 0.25) is 0 Å². The number of benzene rings is 1. The Morgan fingerprint density at radius 2 is 1.86 bits per heavy atom. The van der Waals surface area contributed by atoms with Gasteiger partial charge in [-0.25, -0.2) is 4.39 Å². The second-order valence-corrected chi connectivity index (χ2v) is 6.36. The summed E-state index contributed by atoms with van der Waals surface area (Å²) in [7, 11) is 0. The van der Waals surface area contributed by atoms with Crippen LogP contribution in [0.4, 0.5) is 17.6 Å². The van der Waals surface area contributed by atoms with Gasteiger partial charge in [-0.05, 0) is 40.9 Å². The monoisotopic (exact) mass is 386 g/mol. The number of hydrogen-bond donors (Lipinski definition) is 0. The predicted molar refractivity (Wildman–Crippen MR) is 74.9 cm³/mol. The maximum absolute atomic E-state index is 14.0. The van der Waals surface area contributed by atoms with Crippen molar-refractivity contribution in [2.45, 2.75) is 31.9 Å². The first-order valence-electron chi connectivity index (χ1n) is 6.48. The van der Waals surface area contributed by atoms with Gasteiger partial charge in [-0.1, -0.05) is 24.4 Å². The first kappa shape index (κ1) is 16.7. The van der Waals surface area contributed by atoms with E-state index in [2.05, 4.69) is 15.9 Å². The third kappa shape index (κ3) is 3.42. The minimum absolute atomic E-state index is 0.0915. The van der Waals surface area contributed by atoms with Crippen LogP contribution >= 0.6 is 27.5 Å². The zero-order valence-corrected chi connectivity index (χ0v) is 13.2. The maximum atomic E-state index is 14.0. The summed E-state index contributed by atoms with van der Waals surface area (Å²) in [6.45, 7) is 0. The highest BCUT2D eigenvalue weighted by Crippen LogP contribution is 2.43. The molecule has 0 radical (unpaired) electrons. The maximum Gasteiger partial charge on any atom is 0.392 e. The zero-order valence-electron chi connectivity index (χ0n) is 10.8. The van der Waals surface area contributed by atoms with Crippen LogP contribution in [0.1, 0.15) is 36.0 Å². The fraction of sp³-hybridized carbons (Fsp3) is 0.500. The van der Waals surface area contributed by atoms with Crippen LogP contribution < -0.4 is 0 Å². The van der Waals surface area contributed by atoms with Gasteiger partial charge in [-0.2, -0.15) is 13.2 Å². The van der Waals surface area contributed by atoms with E-state index in [0.29, 0.717) is 12.8 Å². The molecule has 2 unspecified atom stereocenters. The molecule has 1 aliphatic rings. The van der Waals surface area contributed by atoms with E-state index in [-0.39, 0.29) is 27.9 Å². The number of carbonyl (C=O) groups is 1. The Kier molecular flexibility index (Phi) is 4.98. The molecule has 0 bridgehead atoms. The van der Waals surface area contributed by atoms with Crippen LogP contribution in [-0.2, 0) is 0 Å². The molecular formula is C14H12BrClF4O. The van der Waals surface area contributed by atoms with Crippen molar-refractivity contribution in [3.05, 3.63) is 33.0 Å². The molecule has 0 saturated heterocycles. The van der Waals surface area contributed by atoms with Crippen molar-refractivity contribution >= 4 is 33.3 Å². The summed E-state index contributed by atoms with van der Waals surface area (Å²) >= 11 is 8.70. The lowest BCUT2D eigenvalue weighted by Gasteiger charge is -2.32. The molecular weight excluding hydrogens is 376 g/mol. The Labute approximate surface area is 132 Å². The molecule has 1 aromatic carbocycles. The molecule has 0 heterocycles. The van der Waals surface area contributed by atoms with Crippen LogP contribution in [0.25, 0.3) is 0 Å². The highest BCUT2D eigenvalue weighted by atomic mass is 79.9. The summed E-state index contributed by atoms with van der Waals surface area (Å²) in [6, 6.07) is 2.54. The predicted octanol–water partition coefficient (Wildman–Crippen LogP) is 5.79. The quantitative estimate of drug-likeness (QED) is 0.356. The highest BCUT2D eigenvalue weighted by Gasteiger charge is 2.48. The van der Waals surface area contributed by atoms with Gasteiger partial charge in [-0.15, -0.1) is 0 Å². The summed E-state index contributed by atoms with van der Waals surface area (Å²) in [5.41, 5.74) is -0.371. The van der Waals surface area contributed by atoms with Gasteiger partial charge in [0, 0.05) is 10.4 Å². The van der Waals surface area contributed by atoms with Gasteiger partial charge in [-0.3, -0.25) is 4.79 Å². The zero-order chi connectivity index (χ0) is 15.8. The Morgan fingerprint density at radius 1 is 1.24 bits per heavy atom. The van der Waals surface area contributed by atoms with E-state index >= 15 is 0 Å². The first-order chi connectivity index (χ1) is 9.73. The SMILES string of the molecule is O=C(c1ccc(Br)c(Cl)c1F)C1CCCCC1C(F)(F)F. The van der Waals surface area contributed by atoms with Crippen LogP contribution in [0.5, 0.6) is 0 Å². The van der Waals surface area contributed by atoms with Gasteiger partial charge in [0.05, 0.1) is 16.5 Å². The molecule has 1 saturated carbocycles. The molecule has 21 heavy (non-hydrogen) atoms. The minimum atomic E-state index is -4.45. The molecule has 1 fully saturated rings. The van der Waals surface area contributed by atoms with E-state index in [0.717, 1.165) is 0 Å². The normalized spacial score (nSPS) is 23.1. The summed E-state index contributed by atoms with van der Waals surface area (Å²) in [5, 5.41) is -0.291. The molecule has 0 N–H and O–H groups in total. The van der Waals surface area contributed by atoms with E-state index in [1.807, 2.05) is 0 Å². The largest absolute Gasteiger partial charge is 0.392 e. The number of Topliss-reactive ketones (excluding diaryl/α,β-unsaturated/α-hetero) is 1. The van der Waals surface area contributed by atoms with Crippen molar-refractivity contribution in [1.82, 2.24) is 0 Å². The van der Waals surface area contributed by atoms with Crippen molar-refractivity contribution in [3.63, 3.8) is 0 Å². The van der Waals surface area contributed by atoms with Crippen LogP contribution in [0.2, 0.25) is 5.02 Å². The third-order valence-electron chi connectivity index (χ3n) is 3.82. The van der Waals surface area contributed by atoms with E-state index in [9.17, 15) is 22.4 Å². The van der Waals surface area contributed by atoms with Gasteiger partial charge in [0.1, 0.15) is 0 Å². The lowest BCUT2D eigenvalue weighted by molar-refractivity contribution is -0.190. The summed E-state index contributed by atoms with van der Waals surface area (Å²) in [4.78, 5) is 12.3. The lowest BCUT2D eigenvalue weighted by Crippen LogP contribution is -2.37. The molecule has 1 aliphatic carbocycles. The summed E-state index contributed by atoms with van der Waals surface area (Å²) in [5.74, 6) is -4.72. The number of carbonyl (C=O) groups excluding carboxylic acids is 1. The van der Waals surface area contributed by atoms with Crippen LogP contribution in [0, 0.1) is 17.7 Å². The molecule has 7 heteroatoms. The molecule has 0 spiro atoms. The van der Waals surface area contributed by atoms with E-state index in [1.54, 1.807) is 0 Å². The second kappa shape index (κ2) is 6.24. The summed E-state index contributed by atoms with van der Waals surface area (Å²) < 4.78 is 53.4. The standard InChI is InChI=1S/C14H12BrClF4O/c15-10-6-5-8(12(17)11(10)16)13(21)7-3-1-2-4-9(7)14(18,19)20/h5-7,9H,1-4H2. The van der Waals surface area contributed by atoms with Crippen LogP contribution in [0.3, 0.4) is 0 Å². The lowest BCUT2D eigenvalue weighted by atomic mass is 9.75. The van der Waals surface area contributed by atoms with Crippen molar-refractivity contribution in [2.24, 2.45) is 11.8 Å². The van der Waals surface area contributed by atoms with Crippen LogP contribution in [0.15, 0.2) is 16.6 Å². The molecule has 0 amide bonds. The third-order valence-corrected chi connectivity index (χ3v) is 5.08. The number of halogens is 6.